The number of aromatic nitrogens is 1. The van der Waals surface area contributed by atoms with Crippen molar-refractivity contribution in [1.29, 1.82) is 0 Å². The van der Waals surface area contributed by atoms with Crippen molar-refractivity contribution in [3.63, 3.8) is 0 Å². The summed E-state index contributed by atoms with van der Waals surface area (Å²) in [6.07, 6.45) is -0.813. The van der Waals surface area contributed by atoms with Gasteiger partial charge in [-0.25, -0.2) is 13.8 Å². The first-order valence-electron chi connectivity index (χ1n) is 4.48. The molecule has 0 radical (unpaired) electrons. The molecule has 0 saturated carbocycles. The summed E-state index contributed by atoms with van der Waals surface area (Å²) in [5.74, 6) is 0.518. The molecule has 6 heteroatoms. The fourth-order valence-electron chi connectivity index (χ4n) is 1.18. The summed E-state index contributed by atoms with van der Waals surface area (Å²) in [6, 6.07) is 3.44. The largest absolute Gasteiger partial charge is 0.350 e. The van der Waals surface area contributed by atoms with Crippen LogP contribution in [0.3, 0.4) is 0 Å². The first-order chi connectivity index (χ1) is 7.13. The highest BCUT2D eigenvalue weighted by Gasteiger charge is 2.12. The van der Waals surface area contributed by atoms with Crippen molar-refractivity contribution >= 4 is 21.7 Å². The molecule has 0 aliphatic rings. The number of hydrogen-bond acceptors (Lipinski definition) is 3. The van der Waals surface area contributed by atoms with E-state index in [2.05, 4.69) is 20.9 Å². The first kappa shape index (κ1) is 12.3. The molecule has 1 heterocycles. The Morgan fingerprint density at radius 1 is 1.47 bits per heavy atom. The summed E-state index contributed by atoms with van der Waals surface area (Å²) < 4.78 is 25.3. The van der Waals surface area contributed by atoms with Crippen LogP contribution >= 0.6 is 15.9 Å². The van der Waals surface area contributed by atoms with Crippen LogP contribution in [0.15, 0.2) is 22.8 Å². The fraction of sp³-hybridized carbons (Fsp3) is 0.444. The average Bonchev–Trinajstić information content (AvgIpc) is 2.17. The Morgan fingerprint density at radius 2 is 2.20 bits per heavy atom. The van der Waals surface area contributed by atoms with Gasteiger partial charge in [0, 0.05) is 23.8 Å². The van der Waals surface area contributed by atoms with Crippen LogP contribution in [0, 0.1) is 0 Å². The summed E-state index contributed by atoms with van der Waals surface area (Å²) in [7, 11) is 0. The molecule has 0 amide bonds. The van der Waals surface area contributed by atoms with E-state index in [1.165, 1.54) is 4.90 Å². The Kier molecular flexibility index (Phi) is 4.90. The number of pyridine rings is 1. The third-order valence-corrected chi connectivity index (χ3v) is 2.26. The molecule has 0 spiro atoms. The molecule has 3 nitrogen and oxygen atoms in total. The average molecular weight is 280 g/mol. The molecule has 0 atom stereocenters. The summed E-state index contributed by atoms with van der Waals surface area (Å²) in [4.78, 5) is 5.51. The van der Waals surface area contributed by atoms with E-state index in [9.17, 15) is 8.78 Å². The van der Waals surface area contributed by atoms with E-state index >= 15 is 0 Å². The van der Waals surface area contributed by atoms with Gasteiger partial charge in [-0.15, -0.1) is 0 Å². The number of alkyl halides is 2. The monoisotopic (exact) mass is 279 g/mol. The van der Waals surface area contributed by atoms with Crippen LogP contribution in [-0.2, 0) is 0 Å². The normalized spacial score (nSPS) is 10.7. The van der Waals surface area contributed by atoms with Gasteiger partial charge in [-0.3, -0.25) is 0 Å². The number of anilines is 1. The topological polar surface area (TPSA) is 42.1 Å². The minimum absolute atomic E-state index is 0.324. The van der Waals surface area contributed by atoms with Crippen LogP contribution < -0.4 is 10.6 Å². The summed E-state index contributed by atoms with van der Waals surface area (Å²) in [6.45, 7) is 0.356. The number of halogens is 3. The van der Waals surface area contributed by atoms with E-state index in [0.717, 1.165) is 4.47 Å². The van der Waals surface area contributed by atoms with Crippen molar-refractivity contribution < 1.29 is 8.78 Å². The highest BCUT2D eigenvalue weighted by molar-refractivity contribution is 9.10. The van der Waals surface area contributed by atoms with E-state index in [1.54, 1.807) is 18.3 Å². The van der Waals surface area contributed by atoms with E-state index in [0.29, 0.717) is 18.9 Å². The molecule has 1 rings (SSSR count). The van der Waals surface area contributed by atoms with Gasteiger partial charge in [0.15, 0.2) is 0 Å². The number of nitrogens with two attached hydrogens (primary N) is 1. The molecule has 1 aromatic rings. The van der Waals surface area contributed by atoms with Gasteiger partial charge < -0.3 is 10.6 Å². The quantitative estimate of drug-likeness (QED) is 0.895. The maximum atomic E-state index is 12.3. The van der Waals surface area contributed by atoms with Gasteiger partial charge in [-0.1, -0.05) is 0 Å². The Morgan fingerprint density at radius 3 is 2.67 bits per heavy atom. The second-order valence-corrected chi connectivity index (χ2v) is 3.88. The Bertz CT molecular complexity index is 292. The van der Waals surface area contributed by atoms with Crippen molar-refractivity contribution in [2.45, 2.75) is 6.43 Å². The lowest BCUT2D eigenvalue weighted by molar-refractivity contribution is 0.155. The zero-order valence-corrected chi connectivity index (χ0v) is 9.62. The number of rotatable bonds is 5. The summed E-state index contributed by atoms with van der Waals surface area (Å²) >= 11 is 3.23. The highest BCUT2D eigenvalue weighted by atomic mass is 79.9. The predicted octanol–water partition coefficient (Wildman–Crippen LogP) is 1.87. The van der Waals surface area contributed by atoms with Crippen LogP contribution in [0.1, 0.15) is 0 Å². The van der Waals surface area contributed by atoms with Gasteiger partial charge in [-0.2, -0.15) is 0 Å². The molecule has 84 valence electrons. The zero-order chi connectivity index (χ0) is 11.3. The second-order valence-electron chi connectivity index (χ2n) is 2.96. The van der Waals surface area contributed by atoms with E-state index in [4.69, 9.17) is 5.73 Å². The molecule has 0 bridgehead atoms. The second kappa shape index (κ2) is 5.97. The van der Waals surface area contributed by atoms with Crippen molar-refractivity contribution in [2.24, 2.45) is 5.73 Å². The number of hydrogen-bond donors (Lipinski definition) is 1. The first-order valence-corrected chi connectivity index (χ1v) is 5.27. The molecule has 1 aromatic heterocycles. The van der Waals surface area contributed by atoms with E-state index in [1.807, 2.05) is 0 Å². The lowest BCUT2D eigenvalue weighted by Gasteiger charge is -2.22. The van der Waals surface area contributed by atoms with Crippen LogP contribution in [0.5, 0.6) is 0 Å². The van der Waals surface area contributed by atoms with Crippen molar-refractivity contribution in [1.82, 2.24) is 4.98 Å². The maximum absolute atomic E-state index is 12.3. The van der Waals surface area contributed by atoms with Gasteiger partial charge in [0.05, 0.1) is 6.54 Å². The third-order valence-electron chi connectivity index (χ3n) is 1.79. The zero-order valence-electron chi connectivity index (χ0n) is 8.04. The SMILES string of the molecule is NCCN(CC(F)F)c1ccc(Br)cn1. The van der Waals surface area contributed by atoms with Crippen molar-refractivity contribution in [2.75, 3.05) is 24.5 Å². The van der Waals surface area contributed by atoms with E-state index < -0.39 is 6.43 Å². The molecule has 0 aliphatic heterocycles. The molecule has 15 heavy (non-hydrogen) atoms. The van der Waals surface area contributed by atoms with Gasteiger partial charge in [0.2, 0.25) is 0 Å². The lowest BCUT2D eigenvalue weighted by atomic mass is 10.4. The third kappa shape index (κ3) is 4.09. The van der Waals surface area contributed by atoms with Gasteiger partial charge >= 0.3 is 0 Å². The Hall–Kier alpha value is -0.750. The molecule has 0 aliphatic carbocycles. The van der Waals surface area contributed by atoms with Crippen LogP contribution in [0.25, 0.3) is 0 Å². The fourth-order valence-corrected chi connectivity index (χ4v) is 1.41. The molecule has 2 N–H and O–H groups in total. The predicted molar refractivity (Wildman–Crippen MR) is 59.2 cm³/mol. The minimum atomic E-state index is -2.39. The number of nitrogens with zero attached hydrogens (tertiary/aromatic N) is 2. The van der Waals surface area contributed by atoms with Crippen LogP contribution in [0.2, 0.25) is 0 Å². The molecule has 0 unspecified atom stereocenters. The van der Waals surface area contributed by atoms with Crippen molar-refractivity contribution in [3.8, 4) is 0 Å². The Balaban J connectivity index is 2.74. The standard InChI is InChI=1S/C9H12BrF2N3/c10-7-1-2-9(14-5-7)15(4-3-13)6-8(11)12/h1-2,5,8H,3-4,6,13H2. The maximum Gasteiger partial charge on any atom is 0.255 e. The highest BCUT2D eigenvalue weighted by Crippen LogP contribution is 2.15. The van der Waals surface area contributed by atoms with Crippen LogP contribution in [0.4, 0.5) is 14.6 Å². The molecule has 0 fully saturated rings. The van der Waals surface area contributed by atoms with Crippen molar-refractivity contribution in [3.05, 3.63) is 22.8 Å². The molecular weight excluding hydrogens is 268 g/mol. The Labute approximate surface area is 95.4 Å². The molecular formula is C9H12BrF2N3. The molecule has 0 aromatic carbocycles. The lowest BCUT2D eigenvalue weighted by Crippen LogP contribution is -2.34. The minimum Gasteiger partial charge on any atom is -0.350 e. The van der Waals surface area contributed by atoms with Gasteiger partial charge in [-0.05, 0) is 28.1 Å². The van der Waals surface area contributed by atoms with Gasteiger partial charge in [0.25, 0.3) is 6.43 Å². The molecule has 0 saturated heterocycles. The summed E-state index contributed by atoms with van der Waals surface area (Å²) in [5.41, 5.74) is 5.35. The smallest absolute Gasteiger partial charge is 0.255 e. The summed E-state index contributed by atoms with van der Waals surface area (Å²) in [5, 5.41) is 0. The van der Waals surface area contributed by atoms with Gasteiger partial charge in [0.1, 0.15) is 5.82 Å². The van der Waals surface area contributed by atoms with E-state index in [-0.39, 0.29) is 6.54 Å². The van der Waals surface area contributed by atoms with Crippen LogP contribution in [-0.4, -0.2) is 31.0 Å².